The Hall–Kier alpha value is -1.62. The Morgan fingerprint density at radius 1 is 1.12 bits per heavy atom. The molecule has 6 N–H and O–H groups in total. The lowest BCUT2D eigenvalue weighted by Gasteiger charge is -2.47. The van der Waals surface area contributed by atoms with Crippen LogP contribution in [-0.2, 0) is 9.59 Å². The Kier molecular flexibility index (Phi) is 8.64. The van der Waals surface area contributed by atoms with Gasteiger partial charge in [-0.3, -0.25) is 19.5 Å². The average molecular weight is 562 g/mol. The first-order valence-electron chi connectivity index (χ1n) is 15.8. The summed E-state index contributed by atoms with van der Waals surface area (Å²) in [5.41, 5.74) is 12.8. The Labute approximate surface area is 239 Å². The predicted molar refractivity (Wildman–Crippen MR) is 155 cm³/mol. The molecule has 4 aliphatic heterocycles. The van der Waals surface area contributed by atoms with E-state index in [2.05, 4.69) is 34.4 Å². The summed E-state index contributed by atoms with van der Waals surface area (Å²) in [6.07, 6.45) is 7.74. The van der Waals surface area contributed by atoms with E-state index in [-0.39, 0.29) is 40.1 Å². The van der Waals surface area contributed by atoms with Gasteiger partial charge in [-0.25, -0.2) is 4.39 Å². The van der Waals surface area contributed by atoms with Gasteiger partial charge in [0.05, 0.1) is 24.2 Å². The van der Waals surface area contributed by atoms with Crippen LogP contribution in [0.3, 0.4) is 0 Å². The third-order valence-corrected chi connectivity index (χ3v) is 11.8. The number of piperidine rings is 2. The standard InChI is InChI=1S/C30H52FN7O2/c1-4-29-14-21(31)16-35-22(15-30(29,5-2)18-29)25(26(32)33)27(40)36-23-17-34-10-6-24(23)37-11-7-28(8-12-37)9-13-38(19-28)20(3)39/h16,21-26,34H,4-15,17-19,32-33H2,1-3H3,(H,36,40)/b35-16-/t21?,22?,23?,24?,25?,29-,30?/m0/s1. The van der Waals surface area contributed by atoms with E-state index in [1.165, 1.54) is 6.21 Å². The maximum atomic E-state index is 14.9. The van der Waals surface area contributed by atoms with Gasteiger partial charge in [-0.15, -0.1) is 0 Å². The smallest absolute Gasteiger partial charge is 0.228 e. The second-order valence-corrected chi connectivity index (χ2v) is 13.7. The van der Waals surface area contributed by atoms with Gasteiger partial charge in [0.2, 0.25) is 11.8 Å². The molecule has 1 saturated carbocycles. The number of fused-ring (bicyclic) bond motifs is 1. The van der Waals surface area contributed by atoms with Crippen LogP contribution in [-0.4, -0.2) is 97.6 Å². The van der Waals surface area contributed by atoms with Crippen molar-refractivity contribution in [3.63, 3.8) is 0 Å². The monoisotopic (exact) mass is 561 g/mol. The molecule has 5 aliphatic rings. The molecular weight excluding hydrogens is 509 g/mol. The van der Waals surface area contributed by atoms with Gasteiger partial charge in [0.15, 0.2) is 0 Å². The Balaban J connectivity index is 1.26. The van der Waals surface area contributed by atoms with Crippen LogP contribution in [0.5, 0.6) is 0 Å². The van der Waals surface area contributed by atoms with Crippen LogP contribution in [0.25, 0.3) is 0 Å². The lowest BCUT2D eigenvalue weighted by molar-refractivity contribution is -0.128. The molecular formula is C30H52FN7O2. The number of alkyl halides is 1. The van der Waals surface area contributed by atoms with E-state index >= 15 is 0 Å². The van der Waals surface area contributed by atoms with E-state index in [1.807, 2.05) is 4.90 Å². The first-order chi connectivity index (χ1) is 19.1. The topological polar surface area (TPSA) is 129 Å². The predicted octanol–water partition coefficient (Wildman–Crippen LogP) is 1.80. The van der Waals surface area contributed by atoms with Crippen molar-refractivity contribution in [3.05, 3.63) is 0 Å². The highest BCUT2D eigenvalue weighted by Gasteiger charge is 2.66. The average Bonchev–Trinajstić information content (AvgIpc) is 3.32. The Morgan fingerprint density at radius 2 is 1.80 bits per heavy atom. The number of nitrogens with two attached hydrogens (primary N) is 2. The molecule has 0 aromatic heterocycles. The van der Waals surface area contributed by atoms with Gasteiger partial charge in [0.1, 0.15) is 6.17 Å². The second kappa shape index (κ2) is 11.6. The van der Waals surface area contributed by atoms with Crippen LogP contribution < -0.4 is 22.1 Å². The molecule has 1 spiro atoms. The van der Waals surface area contributed by atoms with E-state index in [0.717, 1.165) is 84.1 Å². The molecule has 4 heterocycles. The molecule has 2 amide bonds. The van der Waals surface area contributed by atoms with Crippen molar-refractivity contribution in [3.8, 4) is 0 Å². The van der Waals surface area contributed by atoms with Crippen LogP contribution in [0, 0.1) is 22.2 Å². The van der Waals surface area contributed by atoms with E-state index in [4.69, 9.17) is 11.5 Å². The quantitative estimate of drug-likeness (QED) is 0.351. The zero-order valence-electron chi connectivity index (χ0n) is 24.8. The summed E-state index contributed by atoms with van der Waals surface area (Å²) < 4.78 is 14.9. The van der Waals surface area contributed by atoms with Gasteiger partial charge >= 0.3 is 0 Å². The normalized spacial score (nSPS) is 39.3. The molecule has 10 heteroatoms. The fourth-order valence-corrected chi connectivity index (χ4v) is 9.03. The zero-order valence-corrected chi connectivity index (χ0v) is 24.8. The van der Waals surface area contributed by atoms with Crippen molar-refractivity contribution < 1.29 is 14.0 Å². The van der Waals surface area contributed by atoms with Crippen LogP contribution in [0.2, 0.25) is 0 Å². The highest BCUT2D eigenvalue weighted by Crippen LogP contribution is 2.73. The molecule has 3 saturated heterocycles. The summed E-state index contributed by atoms with van der Waals surface area (Å²) in [6, 6.07) is -0.254. The van der Waals surface area contributed by atoms with Gasteiger partial charge in [-0.05, 0) is 93.7 Å². The maximum Gasteiger partial charge on any atom is 0.228 e. The molecule has 6 unspecified atom stereocenters. The summed E-state index contributed by atoms with van der Waals surface area (Å²) in [5, 5.41) is 6.80. The molecule has 226 valence electrons. The summed E-state index contributed by atoms with van der Waals surface area (Å²) in [4.78, 5) is 35.0. The third-order valence-electron chi connectivity index (χ3n) is 11.8. The number of amides is 2. The largest absolute Gasteiger partial charge is 0.350 e. The highest BCUT2D eigenvalue weighted by molar-refractivity contribution is 5.81. The fraction of sp³-hybridized carbons (Fsp3) is 0.900. The number of halogens is 1. The van der Waals surface area contributed by atoms with E-state index in [1.54, 1.807) is 6.92 Å². The third kappa shape index (κ3) is 5.57. The Bertz CT molecular complexity index is 970. The van der Waals surface area contributed by atoms with E-state index in [9.17, 15) is 14.0 Å². The molecule has 7 atom stereocenters. The van der Waals surface area contributed by atoms with Gasteiger partial charge < -0.3 is 27.0 Å². The van der Waals surface area contributed by atoms with Crippen LogP contribution in [0.4, 0.5) is 4.39 Å². The number of hydrogen-bond acceptors (Lipinski definition) is 7. The molecule has 0 aromatic carbocycles. The van der Waals surface area contributed by atoms with Crippen LogP contribution >= 0.6 is 0 Å². The minimum Gasteiger partial charge on any atom is -0.350 e. The van der Waals surface area contributed by atoms with E-state index < -0.39 is 24.3 Å². The number of aliphatic imine (C=N–C) groups is 1. The molecule has 0 bridgehead atoms. The number of carbonyl (C=O) groups excluding carboxylic acids is 2. The van der Waals surface area contributed by atoms with Gasteiger partial charge in [0.25, 0.3) is 0 Å². The minimum absolute atomic E-state index is 0.00116. The van der Waals surface area contributed by atoms with Crippen molar-refractivity contribution in [2.24, 2.45) is 38.6 Å². The van der Waals surface area contributed by atoms with Gasteiger partial charge in [-0.2, -0.15) is 0 Å². The number of nitrogens with one attached hydrogen (secondary N) is 2. The lowest BCUT2D eigenvalue weighted by atomic mass is 9.76. The molecule has 5 rings (SSSR count). The number of carbonyl (C=O) groups is 2. The summed E-state index contributed by atoms with van der Waals surface area (Å²) in [7, 11) is 0. The van der Waals surface area contributed by atoms with Crippen molar-refractivity contribution in [2.75, 3.05) is 39.3 Å². The Morgan fingerprint density at radius 3 is 2.42 bits per heavy atom. The number of likely N-dealkylation sites (tertiary alicyclic amines) is 2. The maximum absolute atomic E-state index is 14.9. The molecule has 40 heavy (non-hydrogen) atoms. The van der Waals surface area contributed by atoms with Crippen molar-refractivity contribution in [2.45, 2.75) is 109 Å². The first-order valence-corrected chi connectivity index (χ1v) is 15.8. The number of rotatable bonds is 7. The van der Waals surface area contributed by atoms with Crippen molar-refractivity contribution >= 4 is 18.0 Å². The summed E-state index contributed by atoms with van der Waals surface area (Å²) >= 11 is 0. The fourth-order valence-electron chi connectivity index (χ4n) is 9.03. The molecule has 9 nitrogen and oxygen atoms in total. The van der Waals surface area contributed by atoms with Gasteiger partial charge in [-0.1, -0.05) is 13.8 Å². The van der Waals surface area contributed by atoms with Crippen molar-refractivity contribution in [1.82, 2.24) is 20.4 Å². The molecule has 0 radical (unpaired) electrons. The number of nitrogens with zero attached hydrogens (tertiary/aromatic N) is 3. The molecule has 1 aliphatic carbocycles. The first kappa shape index (κ1) is 29.9. The summed E-state index contributed by atoms with van der Waals surface area (Å²) in [6.45, 7) is 11.3. The lowest BCUT2D eigenvalue weighted by Crippen LogP contribution is -2.63. The van der Waals surface area contributed by atoms with Gasteiger partial charge in [0, 0.05) is 38.8 Å². The highest BCUT2D eigenvalue weighted by atomic mass is 19.1. The van der Waals surface area contributed by atoms with E-state index in [0.29, 0.717) is 13.0 Å². The second-order valence-electron chi connectivity index (χ2n) is 13.7. The SMILES string of the molecule is CCC12CC(C(C(=O)NC3CNCCC3N3CCC4(CCN(C(C)=O)C4)CC3)C(N)N)/N=C\C(F)C[C@@]1(CC)C2. The number of hydrogen-bond donors (Lipinski definition) is 4. The molecule has 0 aromatic rings. The zero-order chi connectivity index (χ0) is 28.7. The summed E-state index contributed by atoms with van der Waals surface area (Å²) in [5.74, 6) is -0.693. The van der Waals surface area contributed by atoms with Crippen LogP contribution in [0.15, 0.2) is 4.99 Å². The van der Waals surface area contributed by atoms with Crippen molar-refractivity contribution in [1.29, 1.82) is 0 Å². The molecule has 4 fully saturated rings. The van der Waals surface area contributed by atoms with Crippen LogP contribution in [0.1, 0.15) is 78.6 Å². The minimum atomic E-state index is -1.11.